The summed E-state index contributed by atoms with van der Waals surface area (Å²) >= 11 is 0. The van der Waals surface area contributed by atoms with Gasteiger partial charge in [-0.15, -0.1) is 0 Å². The van der Waals surface area contributed by atoms with Crippen molar-refractivity contribution in [2.75, 3.05) is 13.1 Å². The summed E-state index contributed by atoms with van der Waals surface area (Å²) in [5.41, 5.74) is 26.3. The highest BCUT2D eigenvalue weighted by atomic mass is 15.4. The zero-order valence-electron chi connectivity index (χ0n) is 28.5. The lowest BCUT2D eigenvalue weighted by molar-refractivity contribution is -0.510. The van der Waals surface area contributed by atoms with Crippen molar-refractivity contribution in [1.82, 2.24) is 20.0 Å². The smallest absolute Gasteiger partial charge is 0.286 e. The molecule has 0 radical (unpaired) electrons. The van der Waals surface area contributed by atoms with Crippen molar-refractivity contribution in [2.24, 2.45) is 45.8 Å². The van der Waals surface area contributed by atoms with Gasteiger partial charge in [0.2, 0.25) is 11.9 Å². The number of unbranched alkanes of at least 4 members (excludes halogenated alkanes) is 3. The molecular weight excluding hydrogens is 625 g/mol. The lowest BCUT2D eigenvalue weighted by Crippen LogP contribution is -2.27. The molecule has 254 valence electrons. The van der Waals surface area contributed by atoms with Crippen LogP contribution in [0.3, 0.4) is 0 Å². The van der Waals surface area contributed by atoms with Crippen LogP contribution in [0.2, 0.25) is 0 Å². The van der Waals surface area contributed by atoms with E-state index in [0.717, 1.165) is 70.6 Å². The molecule has 2 aromatic carbocycles. The number of aryl methyl sites for hydroxylation is 2. The summed E-state index contributed by atoms with van der Waals surface area (Å²) in [6, 6.07) is 28.8. The number of nitrogens with two attached hydrogens (primary N) is 2. The first-order valence-electron chi connectivity index (χ1n) is 16.8. The first-order chi connectivity index (χ1) is 24.5. The molecule has 50 heavy (non-hydrogen) atoms. The second-order valence-corrected chi connectivity index (χ2v) is 12.0. The van der Waals surface area contributed by atoms with Gasteiger partial charge in [0, 0.05) is 36.3 Å². The van der Waals surface area contributed by atoms with E-state index in [4.69, 9.17) is 11.5 Å². The zero-order valence-corrected chi connectivity index (χ0v) is 28.5. The van der Waals surface area contributed by atoms with Gasteiger partial charge < -0.3 is 11.5 Å². The average molecular weight is 669 g/mol. The van der Waals surface area contributed by atoms with E-state index >= 15 is 0 Å². The predicted octanol–water partition coefficient (Wildman–Crippen LogP) is 3.91. The van der Waals surface area contributed by atoms with Crippen LogP contribution in [-0.4, -0.2) is 46.6 Å². The van der Waals surface area contributed by atoms with E-state index in [1.54, 1.807) is 12.4 Å². The van der Waals surface area contributed by atoms with Gasteiger partial charge in [-0.05, 0) is 60.4 Å². The van der Waals surface area contributed by atoms with Crippen molar-refractivity contribution in [3.8, 4) is 22.5 Å². The third-order valence-corrected chi connectivity index (χ3v) is 8.50. The van der Waals surface area contributed by atoms with E-state index in [9.17, 15) is 0 Å². The summed E-state index contributed by atoms with van der Waals surface area (Å²) in [5.74, 6) is 0.600. The van der Waals surface area contributed by atoms with E-state index < -0.39 is 0 Å². The van der Waals surface area contributed by atoms with Gasteiger partial charge in [-0.3, -0.25) is 9.98 Å². The van der Waals surface area contributed by atoms with Crippen LogP contribution in [0.15, 0.2) is 130 Å². The summed E-state index contributed by atoms with van der Waals surface area (Å²) < 4.78 is 8.59. The fraction of sp³-hybridized carbons (Fsp3) is 0.211. The molecule has 0 atom stereocenters. The van der Waals surface area contributed by atoms with Crippen LogP contribution in [0.4, 0.5) is 0 Å². The Morgan fingerprint density at radius 3 is 1.42 bits per heavy atom. The largest absolute Gasteiger partial charge is 0.369 e. The number of nitrogens with one attached hydrogen (secondary N) is 2. The quantitative estimate of drug-likeness (QED) is 0.0487. The number of aliphatic imine (C=N–C) groups is 2. The Hall–Kier alpha value is -6.30. The fourth-order valence-corrected chi connectivity index (χ4v) is 5.77. The highest BCUT2D eigenvalue weighted by molar-refractivity contribution is 5.84. The average Bonchev–Trinajstić information content (AvgIpc) is 3.66. The van der Waals surface area contributed by atoms with E-state index in [2.05, 4.69) is 124 Å². The molecular formula is C38H44N12+2. The molecule has 0 spiro atoms. The van der Waals surface area contributed by atoms with Crippen LogP contribution >= 0.6 is 0 Å². The van der Waals surface area contributed by atoms with Crippen LogP contribution in [0.5, 0.6) is 0 Å². The molecule has 0 amide bonds. The van der Waals surface area contributed by atoms with Crippen LogP contribution in [0.25, 0.3) is 33.8 Å². The van der Waals surface area contributed by atoms with Crippen LogP contribution in [0, 0.1) is 0 Å². The number of imidazole rings is 2. The molecule has 6 N–H and O–H groups in total. The normalized spacial score (nSPS) is 12.5. The Labute approximate surface area is 291 Å². The molecule has 0 fully saturated rings. The van der Waals surface area contributed by atoms with E-state index in [0.29, 0.717) is 25.0 Å². The number of pyridine rings is 2. The number of hydrogen-bond donors (Lipinski definition) is 4. The maximum Gasteiger partial charge on any atom is 0.286 e. The summed E-state index contributed by atoms with van der Waals surface area (Å²) in [4.78, 5) is 8.73. The number of aromatic nitrogens is 4. The number of hydrazone groups is 2. The van der Waals surface area contributed by atoms with Gasteiger partial charge in [-0.25, -0.2) is 28.8 Å². The van der Waals surface area contributed by atoms with Gasteiger partial charge in [0.05, 0.1) is 38.9 Å². The third-order valence-electron chi connectivity index (χ3n) is 8.50. The highest BCUT2D eigenvalue weighted by Gasteiger charge is 2.16. The number of rotatable bonds is 13. The second-order valence-electron chi connectivity index (χ2n) is 12.0. The van der Waals surface area contributed by atoms with Gasteiger partial charge >= 0.3 is 0 Å². The Kier molecular flexibility index (Phi) is 10.9. The maximum atomic E-state index is 5.98. The molecule has 6 aromatic rings. The van der Waals surface area contributed by atoms with Crippen molar-refractivity contribution in [2.45, 2.75) is 25.7 Å². The summed E-state index contributed by atoms with van der Waals surface area (Å²) in [6.45, 7) is 1.27. The maximum absolute atomic E-state index is 5.98. The van der Waals surface area contributed by atoms with Gasteiger partial charge in [0.1, 0.15) is 12.4 Å². The van der Waals surface area contributed by atoms with Crippen LogP contribution in [0.1, 0.15) is 36.8 Å². The molecule has 0 aliphatic rings. The topological polar surface area (TPSA) is 144 Å². The Bertz CT molecular complexity index is 2000. The first-order valence-corrected chi connectivity index (χ1v) is 16.8. The van der Waals surface area contributed by atoms with Crippen molar-refractivity contribution < 1.29 is 8.80 Å². The zero-order chi connectivity index (χ0) is 34.7. The molecule has 0 aliphatic carbocycles. The first kappa shape index (κ1) is 33.6. The van der Waals surface area contributed by atoms with Gasteiger partial charge in [-0.2, -0.15) is 10.2 Å². The summed E-state index contributed by atoms with van der Waals surface area (Å²) in [6.07, 6.45) is 15.7. The second kappa shape index (κ2) is 16.2. The molecule has 0 bridgehead atoms. The number of benzene rings is 2. The number of hydrogen-bond acceptors (Lipinski definition) is 4. The molecule has 0 aliphatic heterocycles. The van der Waals surface area contributed by atoms with Gasteiger partial charge in [-0.1, -0.05) is 49.2 Å². The standard InChI is InChI=1S/C38H44N12/c1-47-33(27-49-23-9-5-11-35(47)49)31-17-13-29(14-18-31)25-43-45-37(39)41-21-7-3-4-8-22-42-38(40)46-44-26-30-15-19-32(20-16-30)34-28-50-24-10-6-12-36(50)48(34)2/h5-6,9-20,23-28H,3-4,7-8,21-22H2,1-2H3,(H3,39,41,45)(H3,40,42,46)/q+2. The van der Waals surface area contributed by atoms with E-state index in [-0.39, 0.29) is 0 Å². The SMILES string of the molecule is Cn1c(-c2ccc(C=NNC(N)=NCCCCCCN=C(N)NN=Cc3ccc(-c4c[n+]5ccccc5n4C)cc3)cc2)c[n+]2ccccc12. The minimum Gasteiger partial charge on any atom is -0.369 e. The minimum atomic E-state index is 0.300. The van der Waals surface area contributed by atoms with Crippen molar-refractivity contribution in [3.63, 3.8) is 0 Å². The molecule has 6 rings (SSSR count). The number of fused-ring (bicyclic) bond motifs is 2. The van der Waals surface area contributed by atoms with Crippen molar-refractivity contribution in [1.29, 1.82) is 0 Å². The van der Waals surface area contributed by atoms with Crippen molar-refractivity contribution >= 4 is 35.6 Å². The third kappa shape index (κ3) is 8.40. The summed E-state index contributed by atoms with van der Waals surface area (Å²) in [7, 11) is 4.14. The summed E-state index contributed by atoms with van der Waals surface area (Å²) in [5, 5.41) is 8.46. The lowest BCUT2D eigenvalue weighted by Gasteiger charge is -2.02. The minimum absolute atomic E-state index is 0.300. The Balaban J connectivity index is 0.843. The monoisotopic (exact) mass is 668 g/mol. The predicted molar refractivity (Wildman–Crippen MR) is 201 cm³/mol. The molecule has 12 nitrogen and oxygen atoms in total. The molecule has 4 aromatic heterocycles. The van der Waals surface area contributed by atoms with Crippen LogP contribution in [-0.2, 0) is 14.1 Å². The molecule has 0 saturated carbocycles. The van der Waals surface area contributed by atoms with Crippen LogP contribution < -0.4 is 31.1 Å². The van der Waals surface area contributed by atoms with Crippen molar-refractivity contribution in [3.05, 3.63) is 121 Å². The Morgan fingerprint density at radius 1 is 0.600 bits per heavy atom. The molecule has 4 heterocycles. The highest BCUT2D eigenvalue weighted by Crippen LogP contribution is 2.21. The molecule has 0 saturated heterocycles. The lowest BCUT2D eigenvalue weighted by atomic mass is 10.1. The van der Waals surface area contributed by atoms with E-state index in [1.807, 2.05) is 48.5 Å². The number of nitrogens with zero attached hydrogens (tertiary/aromatic N) is 8. The fourth-order valence-electron chi connectivity index (χ4n) is 5.77. The molecule has 12 heteroatoms. The van der Waals surface area contributed by atoms with Gasteiger partial charge in [0.25, 0.3) is 11.3 Å². The molecule has 0 unspecified atom stereocenters. The number of guanidine groups is 2. The van der Waals surface area contributed by atoms with E-state index in [1.165, 1.54) is 0 Å². The Morgan fingerprint density at radius 2 is 1.02 bits per heavy atom. The van der Waals surface area contributed by atoms with Gasteiger partial charge in [0.15, 0.2) is 11.4 Å².